The van der Waals surface area contributed by atoms with Crippen molar-refractivity contribution in [2.45, 2.75) is 69.3 Å². The third kappa shape index (κ3) is 4.96. The molecule has 1 unspecified atom stereocenters. The topological polar surface area (TPSA) is 94.2 Å². The minimum absolute atomic E-state index is 0.00191. The molecule has 2 aliphatic rings. The largest absolute Gasteiger partial charge is 0.446 e. The molecule has 0 saturated carbocycles. The number of ether oxygens (including phenoxy) is 1. The summed E-state index contributed by atoms with van der Waals surface area (Å²) in [6.45, 7) is 10.7. The van der Waals surface area contributed by atoms with Crippen LogP contribution in [-0.2, 0) is 28.8 Å². The first-order chi connectivity index (χ1) is 16.9. The van der Waals surface area contributed by atoms with Gasteiger partial charge < -0.3 is 14.6 Å². The summed E-state index contributed by atoms with van der Waals surface area (Å²) in [4.78, 5) is 53.7. The van der Waals surface area contributed by atoms with Crippen molar-refractivity contribution in [3.05, 3.63) is 71.8 Å². The third-order valence-corrected chi connectivity index (χ3v) is 12.3. The highest BCUT2D eigenvalue weighted by molar-refractivity contribution is 6.78. The summed E-state index contributed by atoms with van der Waals surface area (Å²) < 4.78 is 5.76. The average molecular weight is 511 g/mol. The summed E-state index contributed by atoms with van der Waals surface area (Å²) in [5.41, 5.74) is -0.0584. The molecule has 0 aliphatic carbocycles. The number of carbonyl (C=O) groups is 3. The summed E-state index contributed by atoms with van der Waals surface area (Å²) in [6, 6.07) is 18.1. The molecular weight excluding hydrogens is 476 g/mol. The standard InChI is InChI=1S/C27H34N2O6Si/c1-26(2,3)36(4,5)28-21-18-33-29(24(21)31)35-25(32)27(17-16-22(30)34-27)23(19-12-8-6-9-13-19)20-14-10-7-11-15-20/h6-15,21,23,28H,16-18H2,1-5H3/t21-,27?/m0/s1. The van der Waals surface area contributed by atoms with Gasteiger partial charge in [0.2, 0.25) is 5.60 Å². The second-order valence-corrected chi connectivity index (χ2v) is 16.0. The Morgan fingerprint density at radius 3 is 2.08 bits per heavy atom. The zero-order valence-corrected chi connectivity index (χ0v) is 22.4. The molecule has 2 fully saturated rings. The van der Waals surface area contributed by atoms with Gasteiger partial charge in [0.15, 0.2) is 0 Å². The number of carbonyl (C=O) groups excluding carboxylic acids is 3. The van der Waals surface area contributed by atoms with E-state index in [0.29, 0.717) is 5.23 Å². The Balaban J connectivity index is 1.62. The molecule has 8 nitrogen and oxygen atoms in total. The van der Waals surface area contributed by atoms with E-state index in [1.165, 1.54) is 0 Å². The van der Waals surface area contributed by atoms with E-state index in [4.69, 9.17) is 14.4 Å². The maximum absolute atomic E-state index is 13.8. The zero-order valence-electron chi connectivity index (χ0n) is 21.4. The van der Waals surface area contributed by atoms with Crippen molar-refractivity contribution < 1.29 is 28.8 Å². The van der Waals surface area contributed by atoms with Crippen molar-refractivity contribution in [2.24, 2.45) is 0 Å². The van der Waals surface area contributed by atoms with E-state index in [9.17, 15) is 14.4 Å². The van der Waals surface area contributed by atoms with Crippen molar-refractivity contribution in [3.63, 3.8) is 0 Å². The lowest BCUT2D eigenvalue weighted by Gasteiger charge is -2.38. The predicted octanol–water partition coefficient (Wildman–Crippen LogP) is 4.09. The highest BCUT2D eigenvalue weighted by Gasteiger charge is 2.57. The van der Waals surface area contributed by atoms with E-state index in [0.717, 1.165) is 11.1 Å². The molecule has 0 aromatic heterocycles. The summed E-state index contributed by atoms with van der Waals surface area (Å²) >= 11 is 0. The van der Waals surface area contributed by atoms with Crippen molar-refractivity contribution in [2.75, 3.05) is 6.61 Å². The Kier molecular flexibility index (Phi) is 7.09. The van der Waals surface area contributed by atoms with E-state index in [2.05, 4.69) is 38.8 Å². The van der Waals surface area contributed by atoms with Crippen LogP contribution in [0, 0.1) is 0 Å². The molecule has 2 atom stereocenters. The molecule has 4 rings (SSSR count). The van der Waals surface area contributed by atoms with E-state index >= 15 is 0 Å². The van der Waals surface area contributed by atoms with Gasteiger partial charge >= 0.3 is 17.8 Å². The minimum atomic E-state index is -2.02. The fourth-order valence-electron chi connectivity index (χ4n) is 4.46. The average Bonchev–Trinajstić information content (AvgIpc) is 3.38. The lowest BCUT2D eigenvalue weighted by molar-refractivity contribution is -0.310. The highest BCUT2D eigenvalue weighted by Crippen LogP contribution is 2.45. The summed E-state index contributed by atoms with van der Waals surface area (Å²) in [7, 11) is -2.02. The van der Waals surface area contributed by atoms with E-state index in [1.54, 1.807) is 0 Å². The van der Waals surface area contributed by atoms with Gasteiger partial charge in [-0.25, -0.2) is 9.63 Å². The van der Waals surface area contributed by atoms with Gasteiger partial charge in [-0.2, -0.15) is 0 Å². The van der Waals surface area contributed by atoms with Crippen LogP contribution in [0.5, 0.6) is 0 Å². The molecule has 192 valence electrons. The molecule has 9 heteroatoms. The van der Waals surface area contributed by atoms with Gasteiger partial charge in [0.25, 0.3) is 0 Å². The SMILES string of the molecule is CC(C)(C)[Si](C)(C)N[C@H]1CON(OC(=O)C2(C(c3ccccc3)c3ccccc3)CCC(=O)O2)C1=O. The Hall–Kier alpha value is -3.01. The molecule has 0 radical (unpaired) electrons. The van der Waals surface area contributed by atoms with Gasteiger partial charge in [0, 0.05) is 12.8 Å². The number of hydroxylamine groups is 2. The number of nitrogens with one attached hydrogen (secondary N) is 1. The Morgan fingerprint density at radius 1 is 1.06 bits per heavy atom. The molecule has 1 N–H and O–H groups in total. The van der Waals surface area contributed by atoms with Crippen molar-refractivity contribution >= 4 is 26.1 Å². The van der Waals surface area contributed by atoms with Crippen LogP contribution in [0.2, 0.25) is 18.1 Å². The first kappa shape index (κ1) is 26.1. The Bertz CT molecular complexity index is 1080. The molecule has 1 amide bonds. The van der Waals surface area contributed by atoms with Crippen LogP contribution in [0.4, 0.5) is 0 Å². The van der Waals surface area contributed by atoms with Crippen LogP contribution < -0.4 is 4.98 Å². The molecular formula is C27H34N2O6Si. The zero-order chi connectivity index (χ0) is 26.1. The number of rotatable bonds is 7. The van der Waals surface area contributed by atoms with Crippen LogP contribution in [-0.4, -0.2) is 49.6 Å². The van der Waals surface area contributed by atoms with E-state index < -0.39 is 43.6 Å². The number of benzene rings is 2. The Morgan fingerprint density at radius 2 is 1.61 bits per heavy atom. The number of esters is 1. The van der Waals surface area contributed by atoms with E-state index in [1.807, 2.05) is 60.7 Å². The number of hydrogen-bond acceptors (Lipinski definition) is 7. The predicted molar refractivity (Wildman–Crippen MR) is 136 cm³/mol. The van der Waals surface area contributed by atoms with Gasteiger partial charge in [-0.1, -0.05) is 94.5 Å². The quantitative estimate of drug-likeness (QED) is 0.443. The third-order valence-electron chi connectivity index (χ3n) is 7.49. The number of amides is 1. The maximum Gasteiger partial charge on any atom is 0.379 e. The highest BCUT2D eigenvalue weighted by atomic mass is 28.3. The molecule has 2 aromatic rings. The molecule has 2 heterocycles. The monoisotopic (exact) mass is 510 g/mol. The summed E-state index contributed by atoms with van der Waals surface area (Å²) in [5, 5.41) is 0.645. The summed E-state index contributed by atoms with van der Waals surface area (Å²) in [6.07, 6.45) is 0.183. The summed E-state index contributed by atoms with van der Waals surface area (Å²) in [5.74, 6) is -2.44. The molecule has 2 aliphatic heterocycles. The number of cyclic esters (lactones) is 1. The fourth-order valence-corrected chi connectivity index (χ4v) is 5.97. The van der Waals surface area contributed by atoms with Crippen molar-refractivity contribution in [3.8, 4) is 0 Å². The number of hydrogen-bond donors (Lipinski definition) is 1. The minimum Gasteiger partial charge on any atom is -0.446 e. The van der Waals surface area contributed by atoms with Crippen LogP contribution in [0.15, 0.2) is 60.7 Å². The van der Waals surface area contributed by atoms with Gasteiger partial charge in [-0.05, 0) is 21.4 Å². The van der Waals surface area contributed by atoms with Crippen LogP contribution >= 0.6 is 0 Å². The normalized spacial score (nSPS) is 22.7. The van der Waals surface area contributed by atoms with Gasteiger partial charge in [0.05, 0.1) is 5.92 Å². The Labute approximate surface area is 212 Å². The molecule has 2 aromatic carbocycles. The molecule has 0 spiro atoms. The number of nitrogens with zero attached hydrogens (tertiary/aromatic N) is 1. The molecule has 2 saturated heterocycles. The van der Waals surface area contributed by atoms with Crippen LogP contribution in [0.1, 0.15) is 50.7 Å². The van der Waals surface area contributed by atoms with E-state index in [-0.39, 0.29) is 24.5 Å². The van der Waals surface area contributed by atoms with Crippen LogP contribution in [0.3, 0.4) is 0 Å². The maximum atomic E-state index is 13.8. The lowest BCUT2D eigenvalue weighted by Crippen LogP contribution is -2.59. The molecule has 36 heavy (non-hydrogen) atoms. The second-order valence-electron chi connectivity index (χ2n) is 11.0. The lowest BCUT2D eigenvalue weighted by atomic mass is 9.76. The van der Waals surface area contributed by atoms with Crippen molar-refractivity contribution in [1.29, 1.82) is 0 Å². The second kappa shape index (κ2) is 9.80. The first-order valence-corrected chi connectivity index (χ1v) is 15.2. The van der Waals surface area contributed by atoms with Crippen molar-refractivity contribution in [1.82, 2.24) is 10.2 Å². The van der Waals surface area contributed by atoms with Gasteiger partial charge in [-0.15, -0.1) is 0 Å². The fraction of sp³-hybridized carbons (Fsp3) is 0.444. The van der Waals surface area contributed by atoms with Crippen LogP contribution in [0.25, 0.3) is 0 Å². The van der Waals surface area contributed by atoms with Gasteiger partial charge in [0.1, 0.15) is 20.9 Å². The molecule has 0 bridgehead atoms. The first-order valence-electron chi connectivity index (χ1n) is 12.2. The smallest absolute Gasteiger partial charge is 0.379 e. The van der Waals surface area contributed by atoms with Gasteiger partial charge in [-0.3, -0.25) is 9.59 Å².